The molecule has 2 heterocycles. The highest BCUT2D eigenvalue weighted by Crippen LogP contribution is 2.28. The van der Waals surface area contributed by atoms with Crippen molar-refractivity contribution in [3.05, 3.63) is 48.3 Å². The lowest BCUT2D eigenvalue weighted by Crippen LogP contribution is -1.97. The molecule has 3 rings (SSSR count). The van der Waals surface area contributed by atoms with E-state index in [4.69, 9.17) is 5.73 Å². The second kappa shape index (κ2) is 4.07. The minimum atomic E-state index is 0.454. The highest BCUT2D eigenvalue weighted by atomic mass is 15.1. The third-order valence-electron chi connectivity index (χ3n) is 2.86. The number of rotatable bonds is 1. The van der Waals surface area contributed by atoms with Crippen molar-refractivity contribution < 1.29 is 0 Å². The number of nitrogen functional groups attached to an aromatic ring is 1. The molecule has 0 saturated heterocycles. The van der Waals surface area contributed by atoms with Gasteiger partial charge in [-0.1, -0.05) is 24.3 Å². The molecule has 0 saturated carbocycles. The Morgan fingerprint density at radius 3 is 2.56 bits per heavy atom. The smallest absolute Gasteiger partial charge is 0.154 e. The average Bonchev–Trinajstić information content (AvgIpc) is 2.39. The lowest BCUT2D eigenvalue weighted by molar-refractivity contribution is 1.06. The number of aromatic nitrogens is 3. The van der Waals surface area contributed by atoms with Crippen LogP contribution in [0.25, 0.3) is 22.0 Å². The van der Waals surface area contributed by atoms with Gasteiger partial charge in [0.25, 0.3) is 0 Å². The molecule has 88 valence electrons. The van der Waals surface area contributed by atoms with Crippen molar-refractivity contribution in [3.63, 3.8) is 0 Å². The van der Waals surface area contributed by atoms with E-state index in [9.17, 15) is 0 Å². The maximum atomic E-state index is 5.84. The minimum Gasteiger partial charge on any atom is -0.382 e. The van der Waals surface area contributed by atoms with Gasteiger partial charge in [-0.05, 0) is 18.6 Å². The van der Waals surface area contributed by atoms with Gasteiger partial charge in [0.15, 0.2) is 5.82 Å². The predicted octanol–water partition coefficient (Wildman–Crippen LogP) is 2.58. The number of pyridine rings is 1. The van der Waals surface area contributed by atoms with Gasteiger partial charge in [-0.3, -0.25) is 4.98 Å². The average molecular weight is 236 g/mol. The van der Waals surface area contributed by atoms with Crippen molar-refractivity contribution >= 4 is 16.6 Å². The van der Waals surface area contributed by atoms with Gasteiger partial charge in [-0.2, -0.15) is 0 Å². The van der Waals surface area contributed by atoms with E-state index in [-0.39, 0.29) is 0 Å². The van der Waals surface area contributed by atoms with E-state index in [1.54, 1.807) is 6.20 Å². The van der Waals surface area contributed by atoms with Crippen LogP contribution in [0.3, 0.4) is 0 Å². The van der Waals surface area contributed by atoms with E-state index in [1.807, 2.05) is 43.5 Å². The summed E-state index contributed by atoms with van der Waals surface area (Å²) in [4.78, 5) is 4.19. The molecule has 0 fully saturated rings. The van der Waals surface area contributed by atoms with E-state index >= 15 is 0 Å². The monoisotopic (exact) mass is 236 g/mol. The van der Waals surface area contributed by atoms with Crippen molar-refractivity contribution in [1.82, 2.24) is 15.2 Å². The standard InChI is InChI=1S/C14H12N4/c1-9-6-10(8-16-7-9)13-11-4-2-3-5-12(11)14(15)18-17-13/h2-8H,1H3,(H2,15,18). The lowest BCUT2D eigenvalue weighted by atomic mass is 10.1. The van der Waals surface area contributed by atoms with Gasteiger partial charge in [-0.15, -0.1) is 10.2 Å². The predicted molar refractivity (Wildman–Crippen MR) is 71.9 cm³/mol. The molecule has 1 aromatic carbocycles. The molecule has 0 radical (unpaired) electrons. The van der Waals surface area contributed by atoms with Gasteiger partial charge in [0.2, 0.25) is 0 Å². The molecule has 0 bridgehead atoms. The zero-order valence-electron chi connectivity index (χ0n) is 9.96. The maximum absolute atomic E-state index is 5.84. The van der Waals surface area contributed by atoms with Crippen molar-refractivity contribution in [2.75, 3.05) is 5.73 Å². The SMILES string of the molecule is Cc1cncc(-c2nnc(N)c3ccccc23)c1. The highest BCUT2D eigenvalue weighted by Gasteiger charge is 2.09. The topological polar surface area (TPSA) is 64.7 Å². The minimum absolute atomic E-state index is 0.454. The molecular formula is C14H12N4. The van der Waals surface area contributed by atoms with E-state index in [0.29, 0.717) is 5.82 Å². The Balaban J connectivity index is 2.33. The Hall–Kier alpha value is -2.49. The number of anilines is 1. The number of hydrogen-bond acceptors (Lipinski definition) is 4. The van der Waals surface area contributed by atoms with E-state index < -0.39 is 0 Å². The molecule has 2 N–H and O–H groups in total. The lowest BCUT2D eigenvalue weighted by Gasteiger charge is -2.06. The van der Waals surface area contributed by atoms with Gasteiger partial charge in [-0.25, -0.2) is 0 Å². The number of nitrogens with zero attached hydrogens (tertiary/aromatic N) is 3. The summed E-state index contributed by atoms with van der Waals surface area (Å²) in [6, 6.07) is 9.90. The Morgan fingerprint density at radius 1 is 1.00 bits per heavy atom. The van der Waals surface area contributed by atoms with Crippen LogP contribution in [0.2, 0.25) is 0 Å². The maximum Gasteiger partial charge on any atom is 0.154 e. The normalized spacial score (nSPS) is 10.7. The molecule has 3 aromatic rings. The third-order valence-corrected chi connectivity index (χ3v) is 2.86. The van der Waals surface area contributed by atoms with Crippen LogP contribution < -0.4 is 5.73 Å². The quantitative estimate of drug-likeness (QED) is 0.705. The molecule has 0 aliphatic rings. The summed E-state index contributed by atoms with van der Waals surface area (Å²) in [6.07, 6.45) is 3.61. The fourth-order valence-corrected chi connectivity index (χ4v) is 2.02. The second-order valence-corrected chi connectivity index (χ2v) is 4.23. The van der Waals surface area contributed by atoms with Gasteiger partial charge >= 0.3 is 0 Å². The van der Waals surface area contributed by atoms with Crippen molar-refractivity contribution in [1.29, 1.82) is 0 Å². The first-order chi connectivity index (χ1) is 8.75. The molecule has 0 aliphatic heterocycles. The van der Waals surface area contributed by atoms with E-state index in [1.165, 1.54) is 0 Å². The molecule has 0 atom stereocenters. The summed E-state index contributed by atoms with van der Waals surface area (Å²) in [6.45, 7) is 2.00. The molecule has 2 aromatic heterocycles. The Labute approximate surface area is 105 Å². The molecule has 0 amide bonds. The largest absolute Gasteiger partial charge is 0.382 e. The number of aryl methyl sites for hydroxylation is 1. The van der Waals surface area contributed by atoms with E-state index in [0.717, 1.165) is 27.6 Å². The van der Waals surface area contributed by atoms with Crippen molar-refractivity contribution in [2.24, 2.45) is 0 Å². The van der Waals surface area contributed by atoms with Gasteiger partial charge in [0.05, 0.1) is 0 Å². The van der Waals surface area contributed by atoms with Crippen LogP contribution in [0, 0.1) is 6.92 Å². The van der Waals surface area contributed by atoms with Crippen LogP contribution in [0.5, 0.6) is 0 Å². The zero-order chi connectivity index (χ0) is 12.5. The molecular weight excluding hydrogens is 224 g/mol. The van der Waals surface area contributed by atoms with Crippen LogP contribution in [0.15, 0.2) is 42.7 Å². The van der Waals surface area contributed by atoms with Crippen molar-refractivity contribution in [3.8, 4) is 11.3 Å². The first-order valence-electron chi connectivity index (χ1n) is 5.68. The molecule has 0 spiro atoms. The van der Waals surface area contributed by atoms with Crippen LogP contribution in [0.1, 0.15) is 5.56 Å². The summed E-state index contributed by atoms with van der Waals surface area (Å²) in [5.41, 5.74) is 8.71. The molecule has 0 unspecified atom stereocenters. The van der Waals surface area contributed by atoms with Gasteiger partial charge < -0.3 is 5.73 Å². The Morgan fingerprint density at radius 2 is 1.78 bits per heavy atom. The summed E-state index contributed by atoms with van der Waals surface area (Å²) >= 11 is 0. The molecule has 18 heavy (non-hydrogen) atoms. The van der Waals surface area contributed by atoms with Crippen LogP contribution in [-0.2, 0) is 0 Å². The Bertz CT molecular complexity index is 722. The van der Waals surface area contributed by atoms with Crippen molar-refractivity contribution in [2.45, 2.75) is 6.92 Å². The number of fused-ring (bicyclic) bond motifs is 1. The summed E-state index contributed by atoms with van der Waals surface area (Å²) < 4.78 is 0. The highest BCUT2D eigenvalue weighted by molar-refractivity contribution is 5.99. The summed E-state index contributed by atoms with van der Waals surface area (Å²) in [7, 11) is 0. The molecule has 4 nitrogen and oxygen atoms in total. The zero-order valence-corrected chi connectivity index (χ0v) is 9.96. The van der Waals surface area contributed by atoms with Crippen LogP contribution in [0.4, 0.5) is 5.82 Å². The first-order valence-corrected chi connectivity index (χ1v) is 5.68. The van der Waals surface area contributed by atoms with Gasteiger partial charge in [0.1, 0.15) is 5.69 Å². The first kappa shape index (κ1) is 10.7. The second-order valence-electron chi connectivity index (χ2n) is 4.23. The third kappa shape index (κ3) is 1.68. The number of hydrogen-bond donors (Lipinski definition) is 1. The van der Waals surface area contributed by atoms with E-state index in [2.05, 4.69) is 15.2 Å². The number of benzene rings is 1. The molecule has 4 heteroatoms. The Kier molecular flexibility index (Phi) is 2.41. The summed E-state index contributed by atoms with van der Waals surface area (Å²) in [5.74, 6) is 0.454. The molecule has 0 aliphatic carbocycles. The van der Waals surface area contributed by atoms with Gasteiger partial charge in [0, 0.05) is 28.7 Å². The number of nitrogens with two attached hydrogens (primary N) is 1. The van der Waals surface area contributed by atoms with Crippen LogP contribution in [-0.4, -0.2) is 15.2 Å². The fourth-order valence-electron chi connectivity index (χ4n) is 2.02. The van der Waals surface area contributed by atoms with Crippen LogP contribution >= 0.6 is 0 Å². The summed E-state index contributed by atoms with van der Waals surface area (Å²) in [5, 5.41) is 10.1. The fraction of sp³-hybridized carbons (Fsp3) is 0.0714.